The number of aromatic nitrogens is 1. The van der Waals surface area contributed by atoms with Gasteiger partial charge in [-0.05, 0) is 36.8 Å². The molecule has 3 aromatic rings. The summed E-state index contributed by atoms with van der Waals surface area (Å²) in [5.41, 5.74) is -0.476. The van der Waals surface area contributed by atoms with Gasteiger partial charge >= 0.3 is 0 Å². The van der Waals surface area contributed by atoms with E-state index in [0.29, 0.717) is 12.3 Å². The molecule has 0 fully saturated rings. The van der Waals surface area contributed by atoms with E-state index < -0.39 is 28.4 Å². The summed E-state index contributed by atoms with van der Waals surface area (Å²) in [5, 5.41) is 2.08. The summed E-state index contributed by atoms with van der Waals surface area (Å²) in [5.74, 6) is -1.58. The second-order valence-electron chi connectivity index (χ2n) is 5.96. The standard InChI is InChI=1S/C20H18F2N2O3/c1-3-23-20(26)14-11-24(10-12-4-6-13(27-2)7-5-12)18-16(22)9-8-15(21)17(18)19(14)25/h4-9,11H,3,10H2,1-2H3,(H,23,26). The molecule has 0 saturated carbocycles. The van der Waals surface area contributed by atoms with E-state index in [-0.39, 0.29) is 17.6 Å². The predicted molar refractivity (Wildman–Crippen MR) is 98.2 cm³/mol. The van der Waals surface area contributed by atoms with Crippen LogP contribution in [-0.2, 0) is 6.54 Å². The molecule has 0 aliphatic carbocycles. The van der Waals surface area contributed by atoms with Crippen molar-refractivity contribution in [2.24, 2.45) is 0 Å². The van der Waals surface area contributed by atoms with Gasteiger partial charge in [-0.25, -0.2) is 8.78 Å². The van der Waals surface area contributed by atoms with Crippen molar-refractivity contribution in [1.29, 1.82) is 0 Å². The van der Waals surface area contributed by atoms with E-state index in [1.807, 2.05) is 0 Å². The van der Waals surface area contributed by atoms with Gasteiger partial charge in [0.1, 0.15) is 22.9 Å². The second-order valence-corrected chi connectivity index (χ2v) is 5.96. The van der Waals surface area contributed by atoms with Crippen molar-refractivity contribution in [3.63, 3.8) is 0 Å². The largest absolute Gasteiger partial charge is 0.497 e. The number of nitrogens with zero attached hydrogens (tertiary/aromatic N) is 1. The first kappa shape index (κ1) is 18.6. The average molecular weight is 372 g/mol. The zero-order valence-electron chi connectivity index (χ0n) is 14.9. The molecule has 0 bridgehead atoms. The minimum absolute atomic E-state index is 0.146. The van der Waals surface area contributed by atoms with Crippen molar-refractivity contribution in [2.45, 2.75) is 13.5 Å². The Balaban J connectivity index is 2.22. The Kier molecular flexibility index (Phi) is 5.21. The number of amides is 1. The van der Waals surface area contributed by atoms with Crippen LogP contribution in [0.5, 0.6) is 5.75 Å². The van der Waals surface area contributed by atoms with Crippen LogP contribution in [0.4, 0.5) is 8.78 Å². The number of nitrogens with one attached hydrogen (secondary N) is 1. The molecule has 1 heterocycles. The minimum atomic E-state index is -0.869. The van der Waals surface area contributed by atoms with Crippen LogP contribution in [0.15, 0.2) is 47.4 Å². The minimum Gasteiger partial charge on any atom is -0.497 e. The highest BCUT2D eigenvalue weighted by Gasteiger charge is 2.20. The Labute approximate surface area is 154 Å². The maximum Gasteiger partial charge on any atom is 0.256 e. The van der Waals surface area contributed by atoms with Crippen LogP contribution in [0, 0.1) is 11.6 Å². The molecule has 0 aliphatic heterocycles. The summed E-state index contributed by atoms with van der Waals surface area (Å²) < 4.78 is 35.3. The molecule has 140 valence electrons. The fourth-order valence-corrected chi connectivity index (χ4v) is 2.92. The molecule has 1 aromatic heterocycles. The van der Waals surface area contributed by atoms with Crippen molar-refractivity contribution in [1.82, 2.24) is 9.88 Å². The number of carbonyl (C=O) groups is 1. The van der Waals surface area contributed by atoms with Gasteiger partial charge in [-0.3, -0.25) is 9.59 Å². The highest BCUT2D eigenvalue weighted by Crippen LogP contribution is 2.21. The molecule has 0 unspecified atom stereocenters. The van der Waals surface area contributed by atoms with E-state index in [0.717, 1.165) is 17.7 Å². The molecule has 3 rings (SSSR count). The van der Waals surface area contributed by atoms with Crippen LogP contribution < -0.4 is 15.5 Å². The first-order valence-corrected chi connectivity index (χ1v) is 8.38. The number of ether oxygens (including phenoxy) is 1. The third-order valence-electron chi connectivity index (χ3n) is 4.22. The Morgan fingerprint density at radius 3 is 2.41 bits per heavy atom. The van der Waals surface area contributed by atoms with Crippen molar-refractivity contribution in [3.05, 3.63) is 75.6 Å². The van der Waals surface area contributed by atoms with E-state index >= 15 is 0 Å². The lowest BCUT2D eigenvalue weighted by molar-refractivity contribution is 0.0954. The third-order valence-corrected chi connectivity index (χ3v) is 4.22. The Morgan fingerprint density at radius 1 is 1.11 bits per heavy atom. The van der Waals surface area contributed by atoms with E-state index in [2.05, 4.69) is 5.32 Å². The van der Waals surface area contributed by atoms with Crippen LogP contribution in [0.2, 0.25) is 0 Å². The van der Waals surface area contributed by atoms with E-state index in [1.165, 1.54) is 10.8 Å². The number of carbonyl (C=O) groups excluding carboxylic acids is 1. The molecule has 0 spiro atoms. The quantitative estimate of drug-likeness (QED) is 0.749. The van der Waals surface area contributed by atoms with E-state index in [4.69, 9.17) is 4.74 Å². The van der Waals surface area contributed by atoms with E-state index in [1.54, 1.807) is 38.3 Å². The summed E-state index contributed by atoms with van der Waals surface area (Å²) in [7, 11) is 1.54. The lowest BCUT2D eigenvalue weighted by Crippen LogP contribution is -2.30. The fraction of sp³-hybridized carbons (Fsp3) is 0.200. The molecular formula is C20H18F2N2O3. The molecule has 1 amide bonds. The highest BCUT2D eigenvalue weighted by atomic mass is 19.1. The van der Waals surface area contributed by atoms with Gasteiger partial charge < -0.3 is 14.6 Å². The number of methoxy groups -OCH3 is 1. The number of pyridine rings is 1. The summed E-state index contributed by atoms with van der Waals surface area (Å²) in [6.45, 7) is 2.16. The van der Waals surface area contributed by atoms with Crippen LogP contribution in [0.1, 0.15) is 22.8 Å². The number of halogens is 2. The van der Waals surface area contributed by atoms with Crippen LogP contribution in [0.25, 0.3) is 10.9 Å². The van der Waals surface area contributed by atoms with Crippen molar-refractivity contribution >= 4 is 16.8 Å². The molecule has 5 nitrogen and oxygen atoms in total. The SMILES string of the molecule is CCNC(=O)c1cn(Cc2ccc(OC)cc2)c2c(F)ccc(F)c2c1=O. The van der Waals surface area contributed by atoms with Gasteiger partial charge in [-0.15, -0.1) is 0 Å². The van der Waals surface area contributed by atoms with Crippen molar-refractivity contribution < 1.29 is 18.3 Å². The predicted octanol–water partition coefficient (Wildman–Crippen LogP) is 3.09. The normalized spacial score (nSPS) is 10.8. The molecule has 7 heteroatoms. The fourth-order valence-electron chi connectivity index (χ4n) is 2.92. The molecular weight excluding hydrogens is 354 g/mol. The summed E-state index contributed by atoms with van der Waals surface area (Å²) >= 11 is 0. The lowest BCUT2D eigenvalue weighted by Gasteiger charge is -2.15. The van der Waals surface area contributed by atoms with Gasteiger partial charge in [0, 0.05) is 19.3 Å². The Hall–Kier alpha value is -3.22. The zero-order chi connectivity index (χ0) is 19.6. The van der Waals surface area contributed by atoms with Crippen LogP contribution in [0.3, 0.4) is 0 Å². The number of benzene rings is 2. The monoisotopic (exact) mass is 372 g/mol. The van der Waals surface area contributed by atoms with Gasteiger partial charge in [-0.1, -0.05) is 12.1 Å². The van der Waals surface area contributed by atoms with Gasteiger partial charge in [0.2, 0.25) is 5.43 Å². The topological polar surface area (TPSA) is 60.3 Å². The number of hydrogen-bond donors (Lipinski definition) is 1. The summed E-state index contributed by atoms with van der Waals surface area (Å²) in [4.78, 5) is 24.8. The van der Waals surface area contributed by atoms with Crippen molar-refractivity contribution in [2.75, 3.05) is 13.7 Å². The maximum atomic E-state index is 14.5. The molecule has 27 heavy (non-hydrogen) atoms. The van der Waals surface area contributed by atoms with Gasteiger partial charge in [0.15, 0.2) is 0 Å². The maximum absolute atomic E-state index is 14.5. The summed E-state index contributed by atoms with van der Waals surface area (Å²) in [6, 6.07) is 8.87. The lowest BCUT2D eigenvalue weighted by atomic mass is 10.1. The Morgan fingerprint density at radius 2 is 1.78 bits per heavy atom. The number of rotatable bonds is 5. The van der Waals surface area contributed by atoms with Crippen LogP contribution >= 0.6 is 0 Å². The first-order chi connectivity index (χ1) is 13.0. The molecule has 0 radical (unpaired) electrons. The molecule has 0 atom stereocenters. The van der Waals surface area contributed by atoms with Gasteiger partial charge in [0.25, 0.3) is 5.91 Å². The van der Waals surface area contributed by atoms with Crippen LogP contribution in [-0.4, -0.2) is 24.1 Å². The molecule has 1 N–H and O–H groups in total. The van der Waals surface area contributed by atoms with Gasteiger partial charge in [-0.2, -0.15) is 0 Å². The van der Waals surface area contributed by atoms with Crippen molar-refractivity contribution in [3.8, 4) is 5.75 Å². The smallest absolute Gasteiger partial charge is 0.256 e. The average Bonchev–Trinajstić information content (AvgIpc) is 2.66. The number of fused-ring (bicyclic) bond motifs is 1. The molecule has 0 aliphatic rings. The van der Waals surface area contributed by atoms with Gasteiger partial charge in [0.05, 0.1) is 18.0 Å². The molecule has 2 aromatic carbocycles. The Bertz CT molecular complexity index is 1060. The first-order valence-electron chi connectivity index (χ1n) is 8.38. The number of hydrogen-bond acceptors (Lipinski definition) is 3. The van der Waals surface area contributed by atoms with E-state index in [9.17, 15) is 18.4 Å². The molecule has 0 saturated heterocycles. The zero-order valence-corrected chi connectivity index (χ0v) is 14.9. The highest BCUT2D eigenvalue weighted by molar-refractivity contribution is 5.97. The summed E-state index contributed by atoms with van der Waals surface area (Å²) in [6.07, 6.45) is 1.27. The third kappa shape index (κ3) is 3.53. The second kappa shape index (κ2) is 7.57.